The Hall–Kier alpha value is -1.29. The van der Waals surface area contributed by atoms with Crippen LogP contribution in [0.1, 0.15) is 12.8 Å². The summed E-state index contributed by atoms with van der Waals surface area (Å²) in [6, 6.07) is 0. The van der Waals surface area contributed by atoms with Crippen molar-refractivity contribution in [2.24, 2.45) is 5.84 Å². The summed E-state index contributed by atoms with van der Waals surface area (Å²) in [7, 11) is 0. The van der Waals surface area contributed by atoms with E-state index in [9.17, 15) is 4.79 Å². The van der Waals surface area contributed by atoms with Crippen LogP contribution in [0.3, 0.4) is 0 Å². The van der Waals surface area contributed by atoms with Crippen molar-refractivity contribution >= 4 is 5.91 Å². The summed E-state index contributed by atoms with van der Waals surface area (Å²) in [5.74, 6) is 4.75. The van der Waals surface area contributed by atoms with Gasteiger partial charge in [-0.05, 0) is 18.6 Å². The first-order chi connectivity index (χ1) is 5.83. The molecule has 0 bridgehead atoms. The van der Waals surface area contributed by atoms with E-state index in [4.69, 9.17) is 10.6 Å². The molecule has 0 aromatic carbocycles. The van der Waals surface area contributed by atoms with E-state index in [-0.39, 0.29) is 12.0 Å². The number of amides is 1. The molecule has 1 unspecified atom stereocenters. The van der Waals surface area contributed by atoms with Gasteiger partial charge in [0.15, 0.2) is 0 Å². The molecule has 3 N–H and O–H groups in total. The number of nitrogens with two attached hydrogens (primary N) is 1. The van der Waals surface area contributed by atoms with Crippen molar-refractivity contribution in [3.8, 4) is 0 Å². The van der Waals surface area contributed by atoms with Crippen molar-refractivity contribution in [1.82, 2.24) is 5.43 Å². The summed E-state index contributed by atoms with van der Waals surface area (Å²) in [5, 5.41) is 0. The topological polar surface area (TPSA) is 64.3 Å². The Morgan fingerprint density at radius 1 is 1.58 bits per heavy atom. The second-order valence-electron chi connectivity index (χ2n) is 2.49. The third-order valence-electron chi connectivity index (χ3n) is 1.59. The van der Waals surface area contributed by atoms with E-state index in [1.165, 1.54) is 0 Å². The van der Waals surface area contributed by atoms with Crippen LogP contribution >= 0.6 is 0 Å². The Labute approximate surface area is 71.0 Å². The molecule has 1 aliphatic rings. The van der Waals surface area contributed by atoms with Crippen LogP contribution in [0.5, 0.6) is 0 Å². The third-order valence-corrected chi connectivity index (χ3v) is 1.59. The molecule has 0 spiro atoms. The zero-order valence-electron chi connectivity index (χ0n) is 6.69. The molecule has 4 heteroatoms. The summed E-state index contributed by atoms with van der Waals surface area (Å²) in [6.07, 6.45) is 8.28. The summed E-state index contributed by atoms with van der Waals surface area (Å²) in [5.41, 5.74) is 2.07. The molecule has 1 heterocycles. The Balaban J connectivity index is 2.19. The van der Waals surface area contributed by atoms with Crippen LogP contribution in [0.15, 0.2) is 24.5 Å². The number of nitrogens with one attached hydrogen (secondary N) is 1. The third kappa shape index (κ3) is 2.75. The van der Waals surface area contributed by atoms with Gasteiger partial charge in [0.1, 0.15) is 6.10 Å². The lowest BCUT2D eigenvalue weighted by Crippen LogP contribution is -2.30. The molecule has 0 radical (unpaired) electrons. The maximum absolute atomic E-state index is 10.7. The van der Waals surface area contributed by atoms with Crippen molar-refractivity contribution in [3.05, 3.63) is 24.5 Å². The van der Waals surface area contributed by atoms with Gasteiger partial charge in [0.2, 0.25) is 5.91 Å². The van der Waals surface area contributed by atoms with Gasteiger partial charge < -0.3 is 4.74 Å². The lowest BCUT2D eigenvalue weighted by atomic mass is 10.1. The molecule has 1 atom stereocenters. The summed E-state index contributed by atoms with van der Waals surface area (Å²) >= 11 is 0. The Kier molecular flexibility index (Phi) is 3.35. The van der Waals surface area contributed by atoms with E-state index in [1.807, 2.05) is 12.2 Å². The van der Waals surface area contributed by atoms with E-state index in [0.29, 0.717) is 12.8 Å². The first-order valence-electron chi connectivity index (χ1n) is 3.81. The normalized spacial score (nSPS) is 20.2. The number of rotatable bonds is 3. The number of carbonyl (C=O) groups is 1. The van der Waals surface area contributed by atoms with Gasteiger partial charge >= 0.3 is 0 Å². The standard InChI is InChI=1S/C8H12N2O2/c9-10-8(11)5-4-7-3-1-2-6-12-7/h1-3,6-7H,4-5,9H2,(H,10,11). The lowest BCUT2D eigenvalue weighted by Gasteiger charge is -2.13. The highest BCUT2D eigenvalue weighted by Gasteiger charge is 2.08. The van der Waals surface area contributed by atoms with Crippen LogP contribution in [-0.4, -0.2) is 12.0 Å². The van der Waals surface area contributed by atoms with Gasteiger partial charge in [-0.25, -0.2) is 5.84 Å². The minimum Gasteiger partial charge on any atom is -0.494 e. The molecule has 4 nitrogen and oxygen atoms in total. The molecule has 1 rings (SSSR count). The van der Waals surface area contributed by atoms with E-state index in [1.54, 1.807) is 12.3 Å². The van der Waals surface area contributed by atoms with Gasteiger partial charge in [0.05, 0.1) is 6.26 Å². The Morgan fingerprint density at radius 3 is 3.00 bits per heavy atom. The van der Waals surface area contributed by atoms with E-state index in [0.717, 1.165) is 0 Å². The van der Waals surface area contributed by atoms with Gasteiger partial charge in [-0.2, -0.15) is 0 Å². The summed E-state index contributed by atoms with van der Waals surface area (Å²) < 4.78 is 5.18. The molecule has 1 aliphatic heterocycles. The molecular formula is C8H12N2O2. The van der Waals surface area contributed by atoms with Crippen molar-refractivity contribution in [3.63, 3.8) is 0 Å². The molecule has 0 fully saturated rings. The van der Waals surface area contributed by atoms with Crippen LogP contribution in [0.4, 0.5) is 0 Å². The number of ether oxygens (including phenoxy) is 1. The second-order valence-corrected chi connectivity index (χ2v) is 2.49. The fraction of sp³-hybridized carbons (Fsp3) is 0.375. The molecule has 0 aliphatic carbocycles. The van der Waals surface area contributed by atoms with Gasteiger partial charge in [-0.15, -0.1) is 0 Å². The van der Waals surface area contributed by atoms with Crippen molar-refractivity contribution in [2.45, 2.75) is 18.9 Å². The maximum atomic E-state index is 10.7. The van der Waals surface area contributed by atoms with Gasteiger partial charge in [-0.1, -0.05) is 6.08 Å². The predicted octanol–water partition coefficient (Wildman–Crippen LogP) is 0.225. The van der Waals surface area contributed by atoms with Crippen LogP contribution in [-0.2, 0) is 9.53 Å². The highest BCUT2D eigenvalue weighted by molar-refractivity contribution is 5.75. The molecule has 0 aromatic rings. The zero-order valence-corrected chi connectivity index (χ0v) is 6.69. The van der Waals surface area contributed by atoms with Crippen LogP contribution in [0.25, 0.3) is 0 Å². The molecule has 0 aromatic heterocycles. The van der Waals surface area contributed by atoms with Gasteiger partial charge in [-0.3, -0.25) is 10.2 Å². The maximum Gasteiger partial charge on any atom is 0.234 e. The van der Waals surface area contributed by atoms with E-state index in [2.05, 4.69) is 5.43 Å². The van der Waals surface area contributed by atoms with Crippen molar-refractivity contribution in [1.29, 1.82) is 0 Å². The number of allylic oxidation sites excluding steroid dienone is 2. The van der Waals surface area contributed by atoms with Gasteiger partial charge in [0, 0.05) is 6.42 Å². The molecule has 12 heavy (non-hydrogen) atoms. The van der Waals surface area contributed by atoms with Crippen LogP contribution in [0, 0.1) is 0 Å². The largest absolute Gasteiger partial charge is 0.494 e. The Bertz CT molecular complexity index is 211. The smallest absolute Gasteiger partial charge is 0.234 e. The second kappa shape index (κ2) is 4.56. The fourth-order valence-electron chi connectivity index (χ4n) is 0.935. The molecule has 66 valence electrons. The summed E-state index contributed by atoms with van der Waals surface area (Å²) in [4.78, 5) is 10.7. The van der Waals surface area contributed by atoms with Gasteiger partial charge in [0.25, 0.3) is 0 Å². The van der Waals surface area contributed by atoms with E-state index >= 15 is 0 Å². The van der Waals surface area contributed by atoms with Crippen LogP contribution in [0.2, 0.25) is 0 Å². The van der Waals surface area contributed by atoms with E-state index < -0.39 is 0 Å². The molecule has 0 saturated heterocycles. The average Bonchev–Trinajstić information content (AvgIpc) is 2.16. The number of hydrogen-bond acceptors (Lipinski definition) is 3. The first-order valence-corrected chi connectivity index (χ1v) is 3.81. The summed E-state index contributed by atoms with van der Waals surface area (Å²) in [6.45, 7) is 0. The molecule has 1 amide bonds. The number of hydrogen-bond donors (Lipinski definition) is 2. The quantitative estimate of drug-likeness (QED) is 0.360. The number of carbonyl (C=O) groups excluding carboxylic acids is 1. The van der Waals surface area contributed by atoms with Crippen molar-refractivity contribution in [2.75, 3.05) is 0 Å². The van der Waals surface area contributed by atoms with Crippen LogP contribution < -0.4 is 11.3 Å². The highest BCUT2D eigenvalue weighted by atomic mass is 16.5. The first kappa shape index (κ1) is 8.80. The Morgan fingerprint density at radius 2 is 2.42 bits per heavy atom. The lowest BCUT2D eigenvalue weighted by molar-refractivity contribution is -0.121. The zero-order chi connectivity index (χ0) is 8.81. The fourth-order valence-corrected chi connectivity index (χ4v) is 0.935. The molecular weight excluding hydrogens is 156 g/mol. The minimum atomic E-state index is -0.165. The number of hydrazine groups is 1. The van der Waals surface area contributed by atoms with Crippen molar-refractivity contribution < 1.29 is 9.53 Å². The molecule has 0 saturated carbocycles. The highest BCUT2D eigenvalue weighted by Crippen LogP contribution is 2.08. The minimum absolute atomic E-state index is 0.00676. The SMILES string of the molecule is NNC(=O)CCC1C=CC=CO1. The predicted molar refractivity (Wildman–Crippen MR) is 44.7 cm³/mol. The monoisotopic (exact) mass is 168 g/mol. The average molecular weight is 168 g/mol.